The fourth-order valence-corrected chi connectivity index (χ4v) is 1.39. The number of hydrogen-bond donors (Lipinski definition) is 1. The molecule has 1 atom stereocenters. The number of carbonyl (C=O) groups excluding carboxylic acids is 1. The van der Waals surface area contributed by atoms with Crippen molar-refractivity contribution in [1.82, 2.24) is 10.2 Å². The topological polar surface area (TPSA) is 41.6 Å². The predicted octanol–water partition coefficient (Wildman–Crippen LogP) is 0.232. The summed E-state index contributed by atoms with van der Waals surface area (Å²) in [6.07, 6.45) is 0.536. The van der Waals surface area contributed by atoms with Gasteiger partial charge < -0.3 is 15.0 Å². The van der Waals surface area contributed by atoms with Gasteiger partial charge in [-0.15, -0.1) is 0 Å². The lowest BCUT2D eigenvalue weighted by atomic mass is 10.1. The van der Waals surface area contributed by atoms with E-state index in [9.17, 15) is 4.79 Å². The molecule has 1 N–H and O–H groups in total. The molecule has 4 nitrogen and oxygen atoms in total. The quantitative estimate of drug-likeness (QED) is 0.709. The van der Waals surface area contributed by atoms with Gasteiger partial charge >= 0.3 is 0 Å². The van der Waals surface area contributed by atoms with Crippen LogP contribution in [0.15, 0.2) is 0 Å². The second-order valence-corrected chi connectivity index (χ2v) is 4.03. The maximum atomic E-state index is 11.7. The SMILES string of the molecule is CC(C)N(C)C(=O)CC1COCCN1. The van der Waals surface area contributed by atoms with E-state index in [1.54, 1.807) is 4.90 Å². The average Bonchev–Trinajstić information content (AvgIpc) is 2.18. The highest BCUT2D eigenvalue weighted by Gasteiger charge is 2.20. The zero-order chi connectivity index (χ0) is 10.6. The molecule has 1 saturated heterocycles. The summed E-state index contributed by atoms with van der Waals surface area (Å²) in [5, 5.41) is 3.27. The lowest BCUT2D eigenvalue weighted by molar-refractivity contribution is -0.132. The van der Waals surface area contributed by atoms with Gasteiger partial charge in [0, 0.05) is 32.1 Å². The van der Waals surface area contributed by atoms with Crippen molar-refractivity contribution in [2.24, 2.45) is 0 Å². The smallest absolute Gasteiger partial charge is 0.224 e. The molecular weight excluding hydrogens is 180 g/mol. The lowest BCUT2D eigenvalue weighted by Gasteiger charge is -2.27. The molecule has 0 spiro atoms. The fourth-order valence-electron chi connectivity index (χ4n) is 1.39. The third kappa shape index (κ3) is 3.27. The first kappa shape index (κ1) is 11.5. The second-order valence-electron chi connectivity index (χ2n) is 4.03. The maximum Gasteiger partial charge on any atom is 0.224 e. The highest BCUT2D eigenvalue weighted by Crippen LogP contribution is 2.03. The van der Waals surface area contributed by atoms with E-state index >= 15 is 0 Å². The highest BCUT2D eigenvalue weighted by molar-refractivity contribution is 5.76. The molecule has 1 heterocycles. The molecule has 82 valence electrons. The highest BCUT2D eigenvalue weighted by atomic mass is 16.5. The van der Waals surface area contributed by atoms with Crippen molar-refractivity contribution < 1.29 is 9.53 Å². The molecule has 1 aliphatic heterocycles. The number of hydrogen-bond acceptors (Lipinski definition) is 3. The summed E-state index contributed by atoms with van der Waals surface area (Å²) >= 11 is 0. The van der Waals surface area contributed by atoms with E-state index in [0.717, 1.165) is 13.2 Å². The number of carbonyl (C=O) groups is 1. The van der Waals surface area contributed by atoms with Gasteiger partial charge in [-0.3, -0.25) is 4.79 Å². The van der Waals surface area contributed by atoms with Crippen LogP contribution in [0.25, 0.3) is 0 Å². The van der Waals surface area contributed by atoms with Crippen LogP contribution in [-0.2, 0) is 9.53 Å². The molecular formula is C10H20N2O2. The zero-order valence-electron chi connectivity index (χ0n) is 9.25. The van der Waals surface area contributed by atoms with E-state index < -0.39 is 0 Å². The van der Waals surface area contributed by atoms with E-state index in [1.807, 2.05) is 20.9 Å². The van der Waals surface area contributed by atoms with Crippen LogP contribution in [0.4, 0.5) is 0 Å². The number of nitrogens with zero attached hydrogens (tertiary/aromatic N) is 1. The van der Waals surface area contributed by atoms with Gasteiger partial charge in [-0.1, -0.05) is 0 Å². The molecule has 0 bridgehead atoms. The molecule has 14 heavy (non-hydrogen) atoms. The monoisotopic (exact) mass is 200 g/mol. The van der Waals surface area contributed by atoms with Gasteiger partial charge in [0.15, 0.2) is 0 Å². The van der Waals surface area contributed by atoms with E-state index in [0.29, 0.717) is 13.0 Å². The van der Waals surface area contributed by atoms with Gasteiger partial charge in [0.2, 0.25) is 5.91 Å². The van der Waals surface area contributed by atoms with Crippen LogP contribution >= 0.6 is 0 Å². The molecule has 4 heteroatoms. The van der Waals surface area contributed by atoms with Crippen LogP contribution in [-0.4, -0.2) is 49.7 Å². The molecule has 0 aliphatic carbocycles. The fraction of sp³-hybridized carbons (Fsp3) is 0.900. The Morgan fingerprint density at radius 1 is 1.64 bits per heavy atom. The first-order valence-electron chi connectivity index (χ1n) is 5.18. The van der Waals surface area contributed by atoms with Crippen LogP contribution in [0.5, 0.6) is 0 Å². The standard InChI is InChI=1S/C10H20N2O2/c1-8(2)12(3)10(13)6-9-7-14-5-4-11-9/h8-9,11H,4-7H2,1-3H3. The van der Waals surface area contributed by atoms with Gasteiger partial charge in [-0.25, -0.2) is 0 Å². The summed E-state index contributed by atoms with van der Waals surface area (Å²) < 4.78 is 5.29. The maximum absolute atomic E-state index is 11.7. The Morgan fingerprint density at radius 3 is 2.86 bits per heavy atom. The molecule has 1 amide bonds. The Hall–Kier alpha value is -0.610. The average molecular weight is 200 g/mol. The van der Waals surface area contributed by atoms with Crippen LogP contribution in [0, 0.1) is 0 Å². The lowest BCUT2D eigenvalue weighted by Crippen LogP contribution is -2.45. The minimum Gasteiger partial charge on any atom is -0.378 e. The van der Waals surface area contributed by atoms with Crippen molar-refractivity contribution >= 4 is 5.91 Å². The number of ether oxygens (including phenoxy) is 1. The summed E-state index contributed by atoms with van der Waals surface area (Å²) in [6, 6.07) is 0.462. The number of rotatable bonds is 3. The van der Waals surface area contributed by atoms with E-state index in [-0.39, 0.29) is 18.0 Å². The van der Waals surface area contributed by atoms with Crippen molar-refractivity contribution in [2.75, 3.05) is 26.8 Å². The van der Waals surface area contributed by atoms with E-state index in [2.05, 4.69) is 5.32 Å². The van der Waals surface area contributed by atoms with Crippen molar-refractivity contribution in [3.8, 4) is 0 Å². The molecule has 0 aromatic rings. The summed E-state index contributed by atoms with van der Waals surface area (Å²) in [5.74, 6) is 0.183. The molecule has 1 unspecified atom stereocenters. The number of nitrogens with one attached hydrogen (secondary N) is 1. The van der Waals surface area contributed by atoms with Gasteiger partial charge in [0.1, 0.15) is 0 Å². The molecule has 0 radical (unpaired) electrons. The minimum absolute atomic E-state index is 0.183. The third-order valence-electron chi connectivity index (χ3n) is 2.59. The third-order valence-corrected chi connectivity index (χ3v) is 2.59. The first-order chi connectivity index (χ1) is 6.61. The van der Waals surface area contributed by atoms with Crippen molar-refractivity contribution in [3.05, 3.63) is 0 Å². The Balaban J connectivity index is 2.31. The zero-order valence-corrected chi connectivity index (χ0v) is 9.25. The molecule has 0 aromatic carbocycles. The molecule has 1 fully saturated rings. The van der Waals surface area contributed by atoms with Gasteiger partial charge in [0.25, 0.3) is 0 Å². The Kier molecular flexibility index (Phi) is 4.35. The minimum atomic E-state index is 0.183. The van der Waals surface area contributed by atoms with Crippen molar-refractivity contribution in [2.45, 2.75) is 32.4 Å². The number of morpholine rings is 1. The summed E-state index contributed by atoms with van der Waals surface area (Å²) in [5.41, 5.74) is 0. The van der Waals surface area contributed by atoms with Crippen LogP contribution in [0.1, 0.15) is 20.3 Å². The van der Waals surface area contributed by atoms with Crippen LogP contribution in [0.2, 0.25) is 0 Å². The summed E-state index contributed by atoms with van der Waals surface area (Å²) in [6.45, 7) is 6.29. The summed E-state index contributed by atoms with van der Waals surface area (Å²) in [4.78, 5) is 13.5. The van der Waals surface area contributed by atoms with Crippen LogP contribution < -0.4 is 5.32 Å². The predicted molar refractivity (Wildman–Crippen MR) is 55.1 cm³/mol. The summed E-state index contributed by atoms with van der Waals surface area (Å²) in [7, 11) is 1.84. The number of amides is 1. The van der Waals surface area contributed by atoms with Gasteiger partial charge in [0.05, 0.1) is 13.2 Å². The Morgan fingerprint density at radius 2 is 2.36 bits per heavy atom. The largest absolute Gasteiger partial charge is 0.378 e. The molecule has 0 aromatic heterocycles. The normalized spacial score (nSPS) is 22.4. The molecule has 1 aliphatic rings. The van der Waals surface area contributed by atoms with Gasteiger partial charge in [-0.05, 0) is 13.8 Å². The van der Waals surface area contributed by atoms with Gasteiger partial charge in [-0.2, -0.15) is 0 Å². The Labute approximate surface area is 85.6 Å². The first-order valence-corrected chi connectivity index (χ1v) is 5.18. The second kappa shape index (κ2) is 5.32. The van der Waals surface area contributed by atoms with Crippen molar-refractivity contribution in [1.29, 1.82) is 0 Å². The molecule has 1 rings (SSSR count). The Bertz CT molecular complexity index is 189. The van der Waals surface area contributed by atoms with E-state index in [1.165, 1.54) is 0 Å². The van der Waals surface area contributed by atoms with Crippen molar-refractivity contribution in [3.63, 3.8) is 0 Å². The van der Waals surface area contributed by atoms with E-state index in [4.69, 9.17) is 4.74 Å². The van der Waals surface area contributed by atoms with Crippen LogP contribution in [0.3, 0.4) is 0 Å². The molecule has 0 saturated carbocycles.